The lowest BCUT2D eigenvalue weighted by Gasteiger charge is -2.27. The van der Waals surface area contributed by atoms with Crippen LogP contribution in [0.4, 0.5) is 0 Å². The van der Waals surface area contributed by atoms with Crippen molar-refractivity contribution in [1.29, 1.82) is 5.41 Å². The van der Waals surface area contributed by atoms with Gasteiger partial charge in [0.2, 0.25) is 0 Å². The lowest BCUT2D eigenvalue weighted by molar-refractivity contribution is 0.263. The van der Waals surface area contributed by atoms with Gasteiger partial charge in [-0.1, -0.05) is 26.2 Å². The first-order chi connectivity index (χ1) is 7.09. The van der Waals surface area contributed by atoms with Gasteiger partial charge in [0, 0.05) is 6.54 Å². The molecular weight excluding hydrogens is 190 g/mol. The van der Waals surface area contributed by atoms with E-state index in [-0.39, 0.29) is 11.9 Å². The van der Waals surface area contributed by atoms with Crippen molar-refractivity contribution in [1.82, 2.24) is 5.32 Å². The first-order valence-electron chi connectivity index (χ1n) is 5.50. The van der Waals surface area contributed by atoms with Crippen LogP contribution in [0.3, 0.4) is 0 Å². The molecule has 2 atom stereocenters. The average molecular weight is 211 g/mol. The Kier molecular flexibility index (Phi) is 4.39. The van der Waals surface area contributed by atoms with Crippen molar-refractivity contribution in [2.24, 2.45) is 28.3 Å². The van der Waals surface area contributed by atoms with E-state index in [1.54, 1.807) is 0 Å². The summed E-state index contributed by atoms with van der Waals surface area (Å²) in [5, 5.41) is 9.48. The quantitative estimate of drug-likeness (QED) is 0.397. The van der Waals surface area contributed by atoms with Gasteiger partial charge in [-0.25, -0.2) is 0 Å². The van der Waals surface area contributed by atoms with Crippen LogP contribution in [-0.4, -0.2) is 18.5 Å². The van der Waals surface area contributed by atoms with Gasteiger partial charge in [-0.2, -0.15) is 0 Å². The second-order valence-electron chi connectivity index (χ2n) is 4.29. The van der Waals surface area contributed by atoms with E-state index in [4.69, 9.17) is 16.9 Å². The van der Waals surface area contributed by atoms with E-state index >= 15 is 0 Å². The van der Waals surface area contributed by atoms with Crippen LogP contribution in [0, 0.1) is 17.2 Å². The first kappa shape index (κ1) is 11.8. The fourth-order valence-electron chi connectivity index (χ4n) is 2.06. The molecule has 1 aliphatic rings. The maximum Gasteiger partial charge on any atom is 0.195 e. The Morgan fingerprint density at radius 1 is 1.40 bits per heavy atom. The molecule has 0 bridgehead atoms. The van der Waals surface area contributed by atoms with Gasteiger partial charge in [-0.3, -0.25) is 15.7 Å². The van der Waals surface area contributed by atoms with E-state index in [9.17, 15) is 0 Å². The van der Waals surface area contributed by atoms with Gasteiger partial charge >= 0.3 is 0 Å². The summed E-state index contributed by atoms with van der Waals surface area (Å²) >= 11 is 0. The third-order valence-corrected chi connectivity index (χ3v) is 3.05. The number of nitrogens with two attached hydrogens (primary N) is 2. The fourth-order valence-corrected chi connectivity index (χ4v) is 2.06. The lowest BCUT2D eigenvalue weighted by Crippen LogP contribution is -2.41. The SMILES string of the molecule is CC1CCCCC1CN=C(N)NC(=N)N. The third kappa shape index (κ3) is 4.18. The Morgan fingerprint density at radius 2 is 2.07 bits per heavy atom. The van der Waals surface area contributed by atoms with Crippen LogP contribution in [0.2, 0.25) is 0 Å². The summed E-state index contributed by atoms with van der Waals surface area (Å²) in [5.41, 5.74) is 10.7. The first-order valence-corrected chi connectivity index (χ1v) is 5.50. The van der Waals surface area contributed by atoms with Gasteiger partial charge in [0.05, 0.1) is 0 Å². The number of nitrogens with zero attached hydrogens (tertiary/aromatic N) is 1. The molecule has 2 unspecified atom stereocenters. The van der Waals surface area contributed by atoms with Gasteiger partial charge in [0.15, 0.2) is 11.9 Å². The second kappa shape index (κ2) is 5.58. The van der Waals surface area contributed by atoms with Crippen LogP contribution >= 0.6 is 0 Å². The molecule has 15 heavy (non-hydrogen) atoms. The van der Waals surface area contributed by atoms with E-state index in [0.29, 0.717) is 5.92 Å². The molecule has 0 amide bonds. The molecule has 6 N–H and O–H groups in total. The summed E-state index contributed by atoms with van der Waals surface area (Å²) in [6.45, 7) is 3.02. The average Bonchev–Trinajstić information content (AvgIpc) is 2.15. The number of guanidine groups is 2. The van der Waals surface area contributed by atoms with Crippen LogP contribution in [-0.2, 0) is 0 Å². The summed E-state index contributed by atoms with van der Waals surface area (Å²) in [7, 11) is 0. The van der Waals surface area contributed by atoms with Crippen molar-refractivity contribution < 1.29 is 0 Å². The molecule has 0 aromatic heterocycles. The van der Waals surface area contributed by atoms with E-state index in [2.05, 4.69) is 17.2 Å². The van der Waals surface area contributed by atoms with E-state index in [1.165, 1.54) is 25.7 Å². The zero-order chi connectivity index (χ0) is 11.3. The van der Waals surface area contributed by atoms with Crippen molar-refractivity contribution in [2.75, 3.05) is 6.54 Å². The number of rotatable bonds is 2. The highest BCUT2D eigenvalue weighted by molar-refractivity contribution is 5.95. The van der Waals surface area contributed by atoms with Crippen molar-refractivity contribution in [3.05, 3.63) is 0 Å². The van der Waals surface area contributed by atoms with Crippen molar-refractivity contribution in [3.63, 3.8) is 0 Å². The second-order valence-corrected chi connectivity index (χ2v) is 4.29. The predicted molar refractivity (Wildman–Crippen MR) is 62.7 cm³/mol. The summed E-state index contributed by atoms with van der Waals surface area (Å²) in [5.74, 6) is 1.45. The van der Waals surface area contributed by atoms with Gasteiger partial charge in [-0.15, -0.1) is 0 Å². The van der Waals surface area contributed by atoms with Crippen LogP contribution in [0.25, 0.3) is 0 Å². The molecule has 1 saturated carbocycles. The molecule has 86 valence electrons. The van der Waals surface area contributed by atoms with Gasteiger partial charge in [-0.05, 0) is 18.3 Å². The number of aliphatic imine (C=N–C) groups is 1. The summed E-state index contributed by atoms with van der Waals surface area (Å²) < 4.78 is 0. The molecule has 0 spiro atoms. The normalized spacial score (nSPS) is 27.4. The Labute approximate surface area is 90.8 Å². The van der Waals surface area contributed by atoms with Crippen LogP contribution < -0.4 is 16.8 Å². The Morgan fingerprint density at radius 3 is 2.67 bits per heavy atom. The van der Waals surface area contributed by atoms with E-state index in [0.717, 1.165) is 12.5 Å². The van der Waals surface area contributed by atoms with E-state index in [1.807, 2.05) is 0 Å². The van der Waals surface area contributed by atoms with Crippen molar-refractivity contribution >= 4 is 11.9 Å². The van der Waals surface area contributed by atoms with Gasteiger partial charge in [0.25, 0.3) is 0 Å². The van der Waals surface area contributed by atoms with Crippen LogP contribution in [0.1, 0.15) is 32.6 Å². The summed E-state index contributed by atoms with van der Waals surface area (Å²) in [4.78, 5) is 4.20. The lowest BCUT2D eigenvalue weighted by atomic mass is 9.80. The Hall–Kier alpha value is -1.26. The topological polar surface area (TPSA) is 100 Å². The highest BCUT2D eigenvalue weighted by Gasteiger charge is 2.20. The fraction of sp³-hybridized carbons (Fsp3) is 0.800. The number of hydrogen-bond donors (Lipinski definition) is 4. The number of hydrogen-bond acceptors (Lipinski definition) is 2. The highest BCUT2D eigenvalue weighted by Crippen LogP contribution is 2.29. The Balaban J connectivity index is 2.36. The molecule has 0 aliphatic heterocycles. The maximum absolute atomic E-state index is 6.99. The van der Waals surface area contributed by atoms with Crippen LogP contribution in [0.15, 0.2) is 4.99 Å². The van der Waals surface area contributed by atoms with Gasteiger partial charge in [0.1, 0.15) is 0 Å². The number of nitrogens with one attached hydrogen (secondary N) is 2. The maximum atomic E-state index is 6.99. The van der Waals surface area contributed by atoms with E-state index < -0.39 is 0 Å². The molecule has 0 saturated heterocycles. The molecule has 0 aromatic carbocycles. The molecule has 0 aromatic rings. The summed E-state index contributed by atoms with van der Waals surface area (Å²) in [6, 6.07) is 0. The van der Waals surface area contributed by atoms with Crippen molar-refractivity contribution in [2.45, 2.75) is 32.6 Å². The molecule has 1 rings (SSSR count). The monoisotopic (exact) mass is 211 g/mol. The molecule has 5 heteroatoms. The van der Waals surface area contributed by atoms with Crippen LogP contribution in [0.5, 0.6) is 0 Å². The minimum atomic E-state index is -0.159. The molecule has 1 fully saturated rings. The zero-order valence-corrected chi connectivity index (χ0v) is 9.29. The molecule has 0 radical (unpaired) electrons. The molecule has 1 aliphatic carbocycles. The smallest absolute Gasteiger partial charge is 0.195 e. The molecular formula is C10H21N5. The molecule has 5 nitrogen and oxygen atoms in total. The Bertz CT molecular complexity index is 248. The largest absolute Gasteiger partial charge is 0.370 e. The molecule has 0 heterocycles. The third-order valence-electron chi connectivity index (χ3n) is 3.05. The minimum Gasteiger partial charge on any atom is -0.370 e. The van der Waals surface area contributed by atoms with Crippen molar-refractivity contribution in [3.8, 4) is 0 Å². The standard InChI is InChI=1S/C10H21N5/c1-7-4-2-3-5-8(7)6-14-10(13)15-9(11)12/h7-8H,2-6H2,1H3,(H6,11,12,13,14,15). The zero-order valence-electron chi connectivity index (χ0n) is 9.29. The van der Waals surface area contributed by atoms with Gasteiger partial charge < -0.3 is 11.5 Å². The minimum absolute atomic E-state index is 0.159. The highest BCUT2D eigenvalue weighted by atomic mass is 15.2. The predicted octanol–water partition coefficient (Wildman–Crippen LogP) is 0.610. The summed E-state index contributed by atoms with van der Waals surface area (Å²) in [6.07, 6.45) is 5.16.